The number of pyridine rings is 1. The van der Waals surface area contributed by atoms with Crippen molar-refractivity contribution in [1.29, 1.82) is 0 Å². The Hall–Kier alpha value is -1.51. The van der Waals surface area contributed by atoms with E-state index in [1.54, 1.807) is 11.6 Å². The maximum Gasteiger partial charge on any atom is 0.247 e. The molecular weight excluding hydrogens is 286 g/mol. The largest absolute Gasteiger partial charge is 0.328 e. The summed E-state index contributed by atoms with van der Waals surface area (Å²) in [7, 11) is -3.67. The third kappa shape index (κ3) is 3.28. The smallest absolute Gasteiger partial charge is 0.247 e. The number of thiazole rings is 1. The van der Waals surface area contributed by atoms with E-state index in [2.05, 4.69) is 14.7 Å². The molecule has 0 aliphatic heterocycles. The SMILES string of the molecule is CCC(NS(=O)(=O)c1ccc(=O)[nH]c1)c1nccs1. The summed E-state index contributed by atoms with van der Waals surface area (Å²) in [6.45, 7) is 1.88. The minimum Gasteiger partial charge on any atom is -0.328 e. The number of rotatable bonds is 5. The highest BCUT2D eigenvalue weighted by molar-refractivity contribution is 7.89. The van der Waals surface area contributed by atoms with Crippen LogP contribution in [0.15, 0.2) is 39.6 Å². The zero-order valence-corrected chi connectivity index (χ0v) is 11.8. The van der Waals surface area contributed by atoms with Crippen LogP contribution in [0, 0.1) is 0 Å². The van der Waals surface area contributed by atoms with Crippen LogP contribution in [-0.4, -0.2) is 18.4 Å². The second kappa shape index (κ2) is 5.64. The van der Waals surface area contributed by atoms with Crippen molar-refractivity contribution in [3.05, 3.63) is 45.3 Å². The number of nitrogens with one attached hydrogen (secondary N) is 2. The van der Waals surface area contributed by atoms with E-state index in [1.165, 1.54) is 29.7 Å². The van der Waals surface area contributed by atoms with Crippen molar-refractivity contribution < 1.29 is 8.42 Å². The zero-order chi connectivity index (χ0) is 13.9. The predicted molar refractivity (Wildman–Crippen MR) is 72.5 cm³/mol. The molecule has 0 saturated heterocycles. The average molecular weight is 299 g/mol. The van der Waals surface area contributed by atoms with Gasteiger partial charge in [-0.2, -0.15) is 0 Å². The Kier molecular flexibility index (Phi) is 4.13. The number of H-pyrrole nitrogens is 1. The first-order valence-corrected chi connectivity index (χ1v) is 7.99. The molecule has 102 valence electrons. The second-order valence-electron chi connectivity index (χ2n) is 3.84. The van der Waals surface area contributed by atoms with Gasteiger partial charge in [-0.1, -0.05) is 6.92 Å². The summed E-state index contributed by atoms with van der Waals surface area (Å²) in [5.74, 6) is 0. The van der Waals surface area contributed by atoms with E-state index in [-0.39, 0.29) is 16.5 Å². The molecule has 0 aliphatic rings. The molecule has 0 fully saturated rings. The van der Waals surface area contributed by atoms with E-state index >= 15 is 0 Å². The number of aromatic nitrogens is 2. The maximum atomic E-state index is 12.2. The van der Waals surface area contributed by atoms with Gasteiger partial charge < -0.3 is 4.98 Å². The van der Waals surface area contributed by atoms with Crippen molar-refractivity contribution in [1.82, 2.24) is 14.7 Å². The van der Waals surface area contributed by atoms with Crippen molar-refractivity contribution in [3.8, 4) is 0 Å². The molecule has 1 unspecified atom stereocenters. The van der Waals surface area contributed by atoms with Crippen LogP contribution >= 0.6 is 11.3 Å². The number of nitrogens with zero attached hydrogens (tertiary/aromatic N) is 1. The molecule has 6 nitrogen and oxygen atoms in total. The Balaban J connectivity index is 2.25. The van der Waals surface area contributed by atoms with Crippen molar-refractivity contribution in [2.45, 2.75) is 24.3 Å². The molecule has 0 aromatic carbocycles. The van der Waals surface area contributed by atoms with Crippen LogP contribution in [0.2, 0.25) is 0 Å². The Bertz CT molecular complexity index is 672. The molecule has 2 heterocycles. The van der Waals surface area contributed by atoms with Crippen molar-refractivity contribution in [3.63, 3.8) is 0 Å². The summed E-state index contributed by atoms with van der Waals surface area (Å²) < 4.78 is 26.9. The maximum absolute atomic E-state index is 12.2. The lowest BCUT2D eigenvalue weighted by Gasteiger charge is -2.14. The Morgan fingerprint density at radius 1 is 1.47 bits per heavy atom. The van der Waals surface area contributed by atoms with Crippen LogP contribution in [0.1, 0.15) is 24.4 Å². The number of hydrogen-bond acceptors (Lipinski definition) is 5. The summed E-state index contributed by atoms with van der Waals surface area (Å²) in [5, 5.41) is 2.52. The van der Waals surface area contributed by atoms with Gasteiger partial charge >= 0.3 is 0 Å². The molecule has 2 N–H and O–H groups in total. The van der Waals surface area contributed by atoms with Gasteiger partial charge in [-0.3, -0.25) is 4.79 Å². The van der Waals surface area contributed by atoms with E-state index in [9.17, 15) is 13.2 Å². The number of hydrogen-bond donors (Lipinski definition) is 2. The molecule has 0 spiro atoms. The van der Waals surface area contributed by atoms with E-state index < -0.39 is 10.0 Å². The van der Waals surface area contributed by atoms with Crippen molar-refractivity contribution in [2.24, 2.45) is 0 Å². The van der Waals surface area contributed by atoms with Gasteiger partial charge in [-0.15, -0.1) is 11.3 Å². The summed E-state index contributed by atoms with van der Waals surface area (Å²) in [5.41, 5.74) is -0.342. The molecule has 0 amide bonds. The van der Waals surface area contributed by atoms with Crippen molar-refractivity contribution >= 4 is 21.4 Å². The van der Waals surface area contributed by atoms with Crippen LogP contribution in [0.3, 0.4) is 0 Å². The molecule has 2 aromatic rings. The molecule has 2 rings (SSSR count). The summed E-state index contributed by atoms with van der Waals surface area (Å²) in [6.07, 6.45) is 3.41. The minimum absolute atomic E-state index is 0.0297. The molecule has 19 heavy (non-hydrogen) atoms. The third-order valence-corrected chi connectivity index (χ3v) is 4.88. The van der Waals surface area contributed by atoms with Crippen LogP contribution in [-0.2, 0) is 10.0 Å². The summed E-state index contributed by atoms with van der Waals surface area (Å²) in [4.78, 5) is 17.4. The van der Waals surface area contributed by atoms with Crippen LogP contribution in [0.5, 0.6) is 0 Å². The van der Waals surface area contributed by atoms with Gasteiger partial charge in [-0.05, 0) is 12.5 Å². The zero-order valence-electron chi connectivity index (χ0n) is 10.2. The highest BCUT2D eigenvalue weighted by Gasteiger charge is 2.21. The number of sulfonamides is 1. The van der Waals surface area contributed by atoms with E-state index in [0.29, 0.717) is 6.42 Å². The molecule has 0 aliphatic carbocycles. The number of aromatic amines is 1. The lowest BCUT2D eigenvalue weighted by molar-refractivity contribution is 0.548. The molecule has 0 bridgehead atoms. The van der Waals surface area contributed by atoms with E-state index in [0.717, 1.165) is 5.01 Å². The van der Waals surface area contributed by atoms with E-state index in [4.69, 9.17) is 0 Å². The molecule has 1 atom stereocenters. The molecule has 8 heteroatoms. The lowest BCUT2D eigenvalue weighted by Crippen LogP contribution is -2.28. The minimum atomic E-state index is -3.67. The highest BCUT2D eigenvalue weighted by atomic mass is 32.2. The standard InChI is InChI=1S/C11H13N3O3S2/c1-2-9(11-12-5-6-18-11)14-19(16,17)8-3-4-10(15)13-7-8/h3-7,9,14H,2H2,1H3,(H,13,15). The van der Waals surface area contributed by atoms with Gasteiger partial charge in [0.15, 0.2) is 0 Å². The summed E-state index contributed by atoms with van der Waals surface area (Å²) >= 11 is 1.40. The van der Waals surface area contributed by atoms with Crippen LogP contribution in [0.4, 0.5) is 0 Å². The molecule has 0 radical (unpaired) electrons. The van der Waals surface area contributed by atoms with Crippen LogP contribution < -0.4 is 10.3 Å². The van der Waals surface area contributed by atoms with Gasteiger partial charge in [0.05, 0.1) is 10.9 Å². The second-order valence-corrected chi connectivity index (χ2v) is 6.48. The first-order valence-electron chi connectivity index (χ1n) is 5.63. The first-order chi connectivity index (χ1) is 9.03. The average Bonchev–Trinajstić information content (AvgIpc) is 2.90. The van der Waals surface area contributed by atoms with Crippen LogP contribution in [0.25, 0.3) is 0 Å². The lowest BCUT2D eigenvalue weighted by atomic mass is 10.3. The molecular formula is C11H13N3O3S2. The van der Waals surface area contributed by atoms with Crippen molar-refractivity contribution in [2.75, 3.05) is 0 Å². The quantitative estimate of drug-likeness (QED) is 0.869. The molecule has 2 aromatic heterocycles. The third-order valence-electron chi connectivity index (χ3n) is 2.52. The van der Waals surface area contributed by atoms with E-state index in [1.807, 2.05) is 6.92 Å². The Morgan fingerprint density at radius 2 is 2.26 bits per heavy atom. The van der Waals surface area contributed by atoms with Gasteiger partial charge in [-0.25, -0.2) is 18.1 Å². The fourth-order valence-corrected chi connectivity index (χ4v) is 3.63. The Morgan fingerprint density at radius 3 is 2.79 bits per heavy atom. The van der Waals surface area contributed by atoms with Gasteiger partial charge in [0.1, 0.15) is 5.01 Å². The highest BCUT2D eigenvalue weighted by Crippen LogP contribution is 2.21. The Labute approximate surface area is 114 Å². The monoisotopic (exact) mass is 299 g/mol. The molecule has 0 saturated carbocycles. The van der Waals surface area contributed by atoms with Gasteiger partial charge in [0, 0.05) is 23.8 Å². The topological polar surface area (TPSA) is 91.9 Å². The normalized spacial score (nSPS) is 13.3. The first kappa shape index (κ1) is 13.9. The predicted octanol–water partition coefficient (Wildman–Crippen LogP) is 1.26. The fraction of sp³-hybridized carbons (Fsp3) is 0.273. The van der Waals surface area contributed by atoms with Gasteiger partial charge in [0.25, 0.3) is 0 Å². The fourth-order valence-electron chi connectivity index (χ4n) is 1.53. The summed E-state index contributed by atoms with van der Waals surface area (Å²) in [6, 6.07) is 2.09. The van der Waals surface area contributed by atoms with Gasteiger partial charge in [0.2, 0.25) is 15.6 Å².